The molecule has 5 rings (SSSR count). The normalized spacial score (nSPS) is 35.3. The number of fused-ring (bicyclic) bond motifs is 5. The Balaban J connectivity index is 1.91. The second-order valence-corrected chi connectivity index (χ2v) is 14.6. The molecule has 0 aromatic heterocycles. The van der Waals surface area contributed by atoms with Crippen LogP contribution in [0.5, 0.6) is 0 Å². The summed E-state index contributed by atoms with van der Waals surface area (Å²) in [7, 11) is 0. The number of carbonyl (C=O) groups excluding carboxylic acids is 6. The van der Waals surface area contributed by atoms with Gasteiger partial charge in [0, 0.05) is 47.0 Å². The monoisotopic (exact) mass is 698 g/mol. The van der Waals surface area contributed by atoms with Gasteiger partial charge in [-0.3, -0.25) is 24.0 Å². The van der Waals surface area contributed by atoms with E-state index in [1.165, 1.54) is 34.6 Å². The molecule has 1 saturated heterocycles. The van der Waals surface area contributed by atoms with Gasteiger partial charge in [-0.2, -0.15) is 0 Å². The van der Waals surface area contributed by atoms with E-state index in [2.05, 4.69) is 0 Å². The molecule has 0 spiro atoms. The van der Waals surface area contributed by atoms with Crippen molar-refractivity contribution in [3.63, 3.8) is 0 Å². The van der Waals surface area contributed by atoms with Gasteiger partial charge >= 0.3 is 35.8 Å². The summed E-state index contributed by atoms with van der Waals surface area (Å²) in [6.07, 6.45) is -6.43. The number of rotatable bonds is 7. The van der Waals surface area contributed by atoms with Crippen molar-refractivity contribution in [1.82, 2.24) is 0 Å². The van der Waals surface area contributed by atoms with E-state index in [0.717, 1.165) is 0 Å². The van der Waals surface area contributed by atoms with E-state index in [1.807, 2.05) is 13.8 Å². The van der Waals surface area contributed by atoms with Gasteiger partial charge in [-0.15, -0.1) is 0 Å². The molecule has 2 bridgehead atoms. The molecule has 13 heteroatoms. The first-order chi connectivity index (χ1) is 23.3. The average Bonchev–Trinajstić information content (AvgIpc) is 2.99. The van der Waals surface area contributed by atoms with Crippen molar-refractivity contribution in [3.05, 3.63) is 47.0 Å². The van der Waals surface area contributed by atoms with E-state index in [4.69, 9.17) is 33.2 Å². The summed E-state index contributed by atoms with van der Waals surface area (Å²) in [6, 6.07) is 8.35. The Kier molecular flexibility index (Phi) is 9.96. The van der Waals surface area contributed by atoms with Crippen molar-refractivity contribution in [3.8, 4) is 0 Å². The fourth-order valence-corrected chi connectivity index (χ4v) is 9.24. The lowest BCUT2D eigenvalue weighted by molar-refractivity contribution is -0.355. The maximum atomic E-state index is 14.1. The first kappa shape index (κ1) is 37.0. The number of esters is 6. The molecule has 2 saturated carbocycles. The Labute approximate surface area is 291 Å². The number of hydrogen-bond acceptors (Lipinski definition) is 13. The van der Waals surface area contributed by atoms with Crippen molar-refractivity contribution in [2.45, 2.75) is 117 Å². The van der Waals surface area contributed by atoms with Crippen molar-refractivity contribution in [1.29, 1.82) is 0 Å². The Morgan fingerprint density at radius 3 is 1.86 bits per heavy atom. The number of benzene rings is 1. The van der Waals surface area contributed by atoms with Crippen LogP contribution < -0.4 is 0 Å². The molecule has 3 aliphatic carbocycles. The summed E-state index contributed by atoms with van der Waals surface area (Å²) < 4.78 is 43.1. The van der Waals surface area contributed by atoms with E-state index >= 15 is 0 Å². The van der Waals surface area contributed by atoms with Crippen LogP contribution in [0.2, 0.25) is 0 Å². The maximum Gasteiger partial charge on any atom is 0.338 e. The molecule has 50 heavy (non-hydrogen) atoms. The van der Waals surface area contributed by atoms with Gasteiger partial charge in [-0.25, -0.2) is 4.79 Å². The second-order valence-electron chi connectivity index (χ2n) is 14.6. The van der Waals surface area contributed by atoms with E-state index < -0.39 is 101 Å². The Bertz CT molecular complexity index is 1600. The molecule has 4 aliphatic rings. The standard InChI is InChI=1S/C37H46O13/c1-18-26(45-19(2)38)15-25-30(49-34(43)24-13-11-10-12-14-24)32-36(9,27(46-20(3)39)16-28-37(32,17-44-28)50-23(6)42)33(48-22(5)41)31(47-21(4)40)29(18)35(25,7)8/h10-14,25-28,30-33H,15-17H2,1-9H3/t25-,26?,27+,28?,30?,31-,32?,33?,36-,37?/m1/s1. The van der Waals surface area contributed by atoms with Crippen LogP contribution in [0, 0.1) is 22.7 Å². The van der Waals surface area contributed by atoms with Crippen LogP contribution in [0.15, 0.2) is 41.5 Å². The van der Waals surface area contributed by atoms with Gasteiger partial charge in [-0.1, -0.05) is 39.0 Å². The molecule has 1 aromatic rings. The predicted molar refractivity (Wildman–Crippen MR) is 173 cm³/mol. The minimum absolute atomic E-state index is 0.0198. The largest absolute Gasteiger partial charge is 0.462 e. The second kappa shape index (κ2) is 13.5. The number of carbonyl (C=O) groups is 6. The van der Waals surface area contributed by atoms with Gasteiger partial charge in [0.15, 0.2) is 17.8 Å². The lowest BCUT2D eigenvalue weighted by Crippen LogP contribution is -2.80. The van der Waals surface area contributed by atoms with E-state index in [9.17, 15) is 28.8 Å². The quantitative estimate of drug-likeness (QED) is 0.228. The summed E-state index contributed by atoms with van der Waals surface area (Å²) in [6.45, 7) is 13.3. The van der Waals surface area contributed by atoms with Crippen LogP contribution in [-0.4, -0.2) is 84.6 Å². The molecule has 1 aromatic carbocycles. The van der Waals surface area contributed by atoms with Crippen molar-refractivity contribution in [2.24, 2.45) is 22.7 Å². The topological polar surface area (TPSA) is 167 Å². The molecule has 10 atom stereocenters. The molecule has 0 amide bonds. The lowest BCUT2D eigenvalue weighted by atomic mass is 9.45. The van der Waals surface area contributed by atoms with E-state index in [-0.39, 0.29) is 25.0 Å². The van der Waals surface area contributed by atoms with Gasteiger partial charge in [0.2, 0.25) is 0 Å². The molecule has 1 heterocycles. The zero-order valence-corrected chi connectivity index (χ0v) is 29.9. The summed E-state index contributed by atoms with van der Waals surface area (Å²) in [5, 5.41) is 0. The van der Waals surface area contributed by atoms with Gasteiger partial charge < -0.3 is 33.2 Å². The summed E-state index contributed by atoms with van der Waals surface area (Å²) in [4.78, 5) is 78.5. The maximum absolute atomic E-state index is 14.1. The Morgan fingerprint density at radius 2 is 1.34 bits per heavy atom. The fourth-order valence-electron chi connectivity index (χ4n) is 9.24. The molecule has 6 unspecified atom stereocenters. The predicted octanol–water partition coefficient (Wildman–Crippen LogP) is 4.04. The SMILES string of the molecule is CC(=O)OC1C[C@@H]2C(OC(=O)c3ccccc3)C3C4(OC(C)=O)COC4C[C@H](OC(C)=O)[C@@]3(C)C(OC(C)=O)[C@H](OC(C)=O)C(=C1C)C2(C)C. The highest BCUT2D eigenvalue weighted by Crippen LogP contribution is 2.65. The van der Waals surface area contributed by atoms with Gasteiger partial charge in [0.1, 0.15) is 24.4 Å². The Hall–Kier alpha value is -4.26. The minimum Gasteiger partial charge on any atom is -0.462 e. The van der Waals surface area contributed by atoms with Crippen LogP contribution in [0.1, 0.15) is 85.5 Å². The lowest BCUT2D eigenvalue weighted by Gasteiger charge is -2.68. The van der Waals surface area contributed by atoms with E-state index in [1.54, 1.807) is 44.2 Å². The molecule has 3 fully saturated rings. The molecule has 272 valence electrons. The van der Waals surface area contributed by atoms with Crippen molar-refractivity contribution >= 4 is 35.8 Å². The molecule has 0 radical (unpaired) electrons. The first-order valence-electron chi connectivity index (χ1n) is 16.8. The van der Waals surface area contributed by atoms with Crippen LogP contribution >= 0.6 is 0 Å². The highest BCUT2D eigenvalue weighted by molar-refractivity contribution is 5.89. The van der Waals surface area contributed by atoms with Gasteiger partial charge in [0.05, 0.1) is 23.5 Å². The van der Waals surface area contributed by atoms with E-state index in [0.29, 0.717) is 11.1 Å². The van der Waals surface area contributed by atoms with Crippen LogP contribution in [0.4, 0.5) is 0 Å². The van der Waals surface area contributed by atoms with Crippen LogP contribution in [0.25, 0.3) is 0 Å². The van der Waals surface area contributed by atoms with Crippen molar-refractivity contribution < 1.29 is 61.9 Å². The van der Waals surface area contributed by atoms with Gasteiger partial charge in [-0.05, 0) is 42.0 Å². The molecule has 1 aliphatic heterocycles. The molecular formula is C37H46O13. The number of hydrogen-bond donors (Lipinski definition) is 0. The molecular weight excluding hydrogens is 652 g/mol. The summed E-state index contributed by atoms with van der Waals surface area (Å²) in [5.41, 5.74) is -2.70. The van der Waals surface area contributed by atoms with Crippen LogP contribution in [0.3, 0.4) is 0 Å². The Morgan fingerprint density at radius 1 is 0.740 bits per heavy atom. The summed E-state index contributed by atoms with van der Waals surface area (Å²) >= 11 is 0. The zero-order chi connectivity index (χ0) is 36.9. The zero-order valence-electron chi connectivity index (χ0n) is 29.9. The minimum atomic E-state index is -1.55. The summed E-state index contributed by atoms with van der Waals surface area (Å²) in [5.74, 6) is -5.75. The van der Waals surface area contributed by atoms with Crippen LogP contribution in [-0.2, 0) is 57.1 Å². The van der Waals surface area contributed by atoms with Gasteiger partial charge in [0.25, 0.3) is 0 Å². The highest BCUT2D eigenvalue weighted by atomic mass is 16.6. The third-order valence-electron chi connectivity index (χ3n) is 11.1. The van der Waals surface area contributed by atoms with Crippen molar-refractivity contribution in [2.75, 3.05) is 6.61 Å². The molecule has 0 N–H and O–H groups in total. The third-order valence-corrected chi connectivity index (χ3v) is 11.1. The average molecular weight is 699 g/mol. The third kappa shape index (κ3) is 6.29. The number of ether oxygens (including phenoxy) is 7. The smallest absolute Gasteiger partial charge is 0.338 e. The molecule has 13 nitrogen and oxygen atoms in total. The fraction of sp³-hybridized carbons (Fsp3) is 0.622. The first-order valence-corrected chi connectivity index (χ1v) is 16.8. The highest BCUT2D eigenvalue weighted by Gasteiger charge is 2.77.